The summed E-state index contributed by atoms with van der Waals surface area (Å²) in [5.41, 5.74) is 0.915. The standard InChI is InChI=1S/C9H7FN2O3/c10-9-11-5-2-1-4(3-6(5)12-9)7(13)8(14)15/h1-3,7,13H,(H,11,12)(H,14,15). The van der Waals surface area contributed by atoms with Gasteiger partial charge in [0.1, 0.15) is 0 Å². The van der Waals surface area contributed by atoms with Crippen LogP contribution < -0.4 is 0 Å². The summed E-state index contributed by atoms with van der Waals surface area (Å²) in [6, 6.07) is 4.18. The molecule has 0 aliphatic rings. The molecule has 1 heterocycles. The number of aromatic amines is 1. The minimum absolute atomic E-state index is 0.179. The van der Waals surface area contributed by atoms with Crippen LogP contribution in [0.1, 0.15) is 11.7 Å². The molecule has 0 bridgehead atoms. The Labute approximate surface area is 83.2 Å². The number of carboxylic acid groups (broad SMARTS) is 1. The zero-order valence-electron chi connectivity index (χ0n) is 7.44. The predicted molar refractivity (Wildman–Crippen MR) is 48.6 cm³/mol. The molecule has 6 heteroatoms. The van der Waals surface area contributed by atoms with Crippen LogP contribution in [-0.4, -0.2) is 26.2 Å². The Morgan fingerprint density at radius 2 is 2.27 bits per heavy atom. The van der Waals surface area contributed by atoms with Gasteiger partial charge in [-0.3, -0.25) is 0 Å². The van der Waals surface area contributed by atoms with Gasteiger partial charge in [0.15, 0.2) is 6.10 Å². The largest absolute Gasteiger partial charge is 0.479 e. The lowest BCUT2D eigenvalue weighted by Gasteiger charge is -2.04. The number of aliphatic hydroxyl groups is 1. The summed E-state index contributed by atoms with van der Waals surface area (Å²) in [4.78, 5) is 16.3. The number of halogens is 1. The molecule has 15 heavy (non-hydrogen) atoms. The number of nitrogens with one attached hydrogen (secondary N) is 1. The van der Waals surface area contributed by atoms with Crippen LogP contribution in [0.5, 0.6) is 0 Å². The summed E-state index contributed by atoms with van der Waals surface area (Å²) >= 11 is 0. The van der Waals surface area contributed by atoms with E-state index < -0.39 is 18.2 Å². The molecule has 3 N–H and O–H groups in total. The predicted octanol–water partition coefficient (Wildman–Crippen LogP) is 0.820. The molecule has 0 aliphatic carbocycles. The molecule has 0 saturated carbocycles. The van der Waals surface area contributed by atoms with Crippen molar-refractivity contribution in [3.8, 4) is 0 Å². The van der Waals surface area contributed by atoms with Gasteiger partial charge < -0.3 is 15.2 Å². The summed E-state index contributed by atoms with van der Waals surface area (Å²) in [5.74, 6) is -1.35. The first kappa shape index (κ1) is 9.60. The normalized spacial score (nSPS) is 12.9. The Hall–Kier alpha value is -1.95. The van der Waals surface area contributed by atoms with E-state index in [0.717, 1.165) is 0 Å². The number of nitrogens with zero attached hydrogens (tertiary/aromatic N) is 1. The topological polar surface area (TPSA) is 86.2 Å². The lowest BCUT2D eigenvalue weighted by molar-refractivity contribution is -0.146. The van der Waals surface area contributed by atoms with Gasteiger partial charge in [-0.25, -0.2) is 9.78 Å². The number of aliphatic hydroxyl groups excluding tert-OH is 1. The Bertz CT molecular complexity index is 523. The molecule has 0 aliphatic heterocycles. The minimum Gasteiger partial charge on any atom is -0.479 e. The highest BCUT2D eigenvalue weighted by molar-refractivity contribution is 5.79. The minimum atomic E-state index is -1.61. The number of benzene rings is 1. The number of hydrogen-bond acceptors (Lipinski definition) is 3. The second-order valence-corrected chi connectivity index (χ2v) is 3.04. The van der Waals surface area contributed by atoms with Gasteiger partial charge in [-0.15, -0.1) is 0 Å². The van der Waals surface area contributed by atoms with E-state index in [-0.39, 0.29) is 5.56 Å². The molecular formula is C9H7FN2O3. The zero-order valence-corrected chi connectivity index (χ0v) is 7.44. The van der Waals surface area contributed by atoms with Crippen LogP contribution in [0.4, 0.5) is 4.39 Å². The Morgan fingerprint density at radius 1 is 1.53 bits per heavy atom. The summed E-state index contributed by atoms with van der Waals surface area (Å²) in [6.07, 6.45) is -2.35. The number of rotatable bonds is 2. The van der Waals surface area contributed by atoms with E-state index in [1.165, 1.54) is 18.2 Å². The van der Waals surface area contributed by atoms with Crippen LogP contribution in [-0.2, 0) is 4.79 Å². The number of carboxylic acids is 1. The van der Waals surface area contributed by atoms with Crippen molar-refractivity contribution in [1.82, 2.24) is 9.97 Å². The fourth-order valence-electron chi connectivity index (χ4n) is 1.31. The lowest BCUT2D eigenvalue weighted by atomic mass is 10.1. The zero-order chi connectivity index (χ0) is 11.0. The molecule has 78 valence electrons. The van der Waals surface area contributed by atoms with Crippen molar-refractivity contribution in [2.45, 2.75) is 6.10 Å². The molecule has 2 aromatic rings. The summed E-state index contributed by atoms with van der Waals surface area (Å²) in [6.45, 7) is 0. The van der Waals surface area contributed by atoms with Gasteiger partial charge in [0, 0.05) is 0 Å². The molecule has 0 saturated heterocycles. The highest BCUT2D eigenvalue weighted by Crippen LogP contribution is 2.18. The molecule has 0 amide bonds. The quantitative estimate of drug-likeness (QED) is 0.684. The number of carbonyl (C=O) groups is 1. The Kier molecular flexibility index (Phi) is 2.12. The van der Waals surface area contributed by atoms with Crippen molar-refractivity contribution >= 4 is 17.0 Å². The third kappa shape index (κ3) is 1.66. The van der Waals surface area contributed by atoms with Gasteiger partial charge in [-0.2, -0.15) is 4.39 Å². The maximum Gasteiger partial charge on any atom is 0.337 e. The smallest absolute Gasteiger partial charge is 0.337 e. The van der Waals surface area contributed by atoms with Crippen molar-refractivity contribution in [3.05, 3.63) is 29.8 Å². The van der Waals surface area contributed by atoms with Gasteiger partial charge in [-0.05, 0) is 17.7 Å². The van der Waals surface area contributed by atoms with Crippen LogP contribution in [0.3, 0.4) is 0 Å². The van der Waals surface area contributed by atoms with Crippen molar-refractivity contribution in [2.75, 3.05) is 0 Å². The molecule has 1 unspecified atom stereocenters. The van der Waals surface area contributed by atoms with E-state index >= 15 is 0 Å². The molecule has 1 aromatic carbocycles. The highest BCUT2D eigenvalue weighted by Gasteiger charge is 2.16. The molecule has 0 spiro atoms. The van der Waals surface area contributed by atoms with Crippen molar-refractivity contribution < 1.29 is 19.4 Å². The molecule has 0 fully saturated rings. The van der Waals surface area contributed by atoms with E-state index in [9.17, 15) is 14.3 Å². The van der Waals surface area contributed by atoms with Gasteiger partial charge in [0.25, 0.3) is 6.08 Å². The van der Waals surface area contributed by atoms with E-state index in [0.29, 0.717) is 11.0 Å². The SMILES string of the molecule is O=C(O)C(O)c1ccc2nc(F)[nH]c2c1. The van der Waals surface area contributed by atoms with Crippen molar-refractivity contribution in [2.24, 2.45) is 0 Å². The second kappa shape index (κ2) is 3.32. The number of aromatic nitrogens is 2. The van der Waals surface area contributed by atoms with Crippen LogP contribution in [0.25, 0.3) is 11.0 Å². The number of H-pyrrole nitrogens is 1. The van der Waals surface area contributed by atoms with E-state index in [1.807, 2.05) is 0 Å². The Balaban J connectivity index is 2.50. The maximum atomic E-state index is 12.7. The maximum absolute atomic E-state index is 12.7. The van der Waals surface area contributed by atoms with Gasteiger partial charge in [0.2, 0.25) is 0 Å². The lowest BCUT2D eigenvalue weighted by Crippen LogP contribution is -2.10. The van der Waals surface area contributed by atoms with E-state index in [4.69, 9.17) is 5.11 Å². The monoisotopic (exact) mass is 210 g/mol. The summed E-state index contributed by atoms with van der Waals surface area (Å²) < 4.78 is 12.7. The number of fused-ring (bicyclic) bond motifs is 1. The van der Waals surface area contributed by atoms with E-state index in [1.54, 1.807) is 0 Å². The molecular weight excluding hydrogens is 203 g/mol. The van der Waals surface area contributed by atoms with Crippen LogP contribution in [0.2, 0.25) is 0 Å². The molecule has 5 nitrogen and oxygen atoms in total. The number of imidazole rings is 1. The van der Waals surface area contributed by atoms with Crippen LogP contribution in [0, 0.1) is 6.08 Å². The van der Waals surface area contributed by atoms with Gasteiger partial charge >= 0.3 is 5.97 Å². The number of hydrogen-bond donors (Lipinski definition) is 3. The second-order valence-electron chi connectivity index (χ2n) is 3.04. The van der Waals surface area contributed by atoms with Crippen molar-refractivity contribution in [3.63, 3.8) is 0 Å². The fourth-order valence-corrected chi connectivity index (χ4v) is 1.31. The molecule has 0 radical (unpaired) electrons. The van der Waals surface area contributed by atoms with E-state index in [2.05, 4.69) is 9.97 Å². The molecule has 2 rings (SSSR count). The molecule has 1 aromatic heterocycles. The third-order valence-electron chi connectivity index (χ3n) is 2.03. The van der Waals surface area contributed by atoms with Gasteiger partial charge in [-0.1, -0.05) is 6.07 Å². The average Bonchev–Trinajstić information content (AvgIpc) is 2.55. The highest BCUT2D eigenvalue weighted by atomic mass is 19.1. The summed E-state index contributed by atoms with van der Waals surface area (Å²) in [5, 5.41) is 17.8. The van der Waals surface area contributed by atoms with Crippen molar-refractivity contribution in [1.29, 1.82) is 0 Å². The Morgan fingerprint density at radius 3 is 2.93 bits per heavy atom. The first-order valence-corrected chi connectivity index (χ1v) is 4.14. The first-order valence-electron chi connectivity index (χ1n) is 4.14. The van der Waals surface area contributed by atoms with Crippen LogP contribution in [0.15, 0.2) is 18.2 Å². The fraction of sp³-hybridized carbons (Fsp3) is 0.111. The first-order chi connectivity index (χ1) is 7.08. The summed E-state index contributed by atoms with van der Waals surface area (Å²) in [7, 11) is 0. The van der Waals surface area contributed by atoms with Crippen LogP contribution >= 0.6 is 0 Å². The number of aliphatic carboxylic acids is 1. The molecule has 1 atom stereocenters. The third-order valence-corrected chi connectivity index (χ3v) is 2.03. The average molecular weight is 210 g/mol. The van der Waals surface area contributed by atoms with Gasteiger partial charge in [0.05, 0.1) is 11.0 Å².